The van der Waals surface area contributed by atoms with Crippen molar-refractivity contribution in [1.29, 1.82) is 0 Å². The minimum atomic E-state index is -0.530. The first-order valence-corrected chi connectivity index (χ1v) is 8.19. The van der Waals surface area contributed by atoms with Crippen LogP contribution in [0.15, 0.2) is 39.9 Å². The van der Waals surface area contributed by atoms with E-state index in [0.29, 0.717) is 11.5 Å². The summed E-state index contributed by atoms with van der Waals surface area (Å²) in [5, 5.41) is 5.12. The van der Waals surface area contributed by atoms with E-state index >= 15 is 0 Å². The molecule has 2 aliphatic rings. The maximum Gasteiger partial charge on any atom is 0.400 e. The zero-order valence-electron chi connectivity index (χ0n) is 13.8. The second-order valence-electron chi connectivity index (χ2n) is 7.56. The maximum atomic E-state index is 12.2. The van der Waals surface area contributed by atoms with Gasteiger partial charge >= 0.3 is 5.97 Å². The molecule has 120 valence electrons. The van der Waals surface area contributed by atoms with E-state index in [9.17, 15) is 4.79 Å². The Kier molecular flexibility index (Phi) is 2.96. The smallest absolute Gasteiger partial charge is 0.400 e. The van der Waals surface area contributed by atoms with Crippen LogP contribution in [0, 0.1) is 16.7 Å². The van der Waals surface area contributed by atoms with Gasteiger partial charge in [-0.25, -0.2) is 4.79 Å². The van der Waals surface area contributed by atoms with Gasteiger partial charge in [0.05, 0.1) is 5.71 Å². The van der Waals surface area contributed by atoms with Gasteiger partial charge in [0.2, 0.25) is 5.76 Å². The van der Waals surface area contributed by atoms with Crippen LogP contribution in [0.2, 0.25) is 0 Å². The van der Waals surface area contributed by atoms with Crippen molar-refractivity contribution in [1.82, 2.24) is 0 Å². The average molecular weight is 311 g/mol. The molecule has 1 aromatic heterocycles. The lowest BCUT2D eigenvalue weighted by atomic mass is 9.70. The van der Waals surface area contributed by atoms with E-state index in [-0.39, 0.29) is 16.6 Å². The van der Waals surface area contributed by atoms with Gasteiger partial charge in [-0.1, -0.05) is 44.1 Å². The van der Waals surface area contributed by atoms with Crippen LogP contribution in [0.25, 0.3) is 11.0 Å². The highest BCUT2D eigenvalue weighted by atomic mass is 16.7. The number of rotatable bonds is 2. The summed E-state index contributed by atoms with van der Waals surface area (Å²) < 4.78 is 5.53. The molecule has 0 N–H and O–H groups in total. The Morgan fingerprint density at radius 2 is 2.09 bits per heavy atom. The van der Waals surface area contributed by atoms with Gasteiger partial charge < -0.3 is 9.25 Å². The van der Waals surface area contributed by atoms with Crippen molar-refractivity contribution >= 4 is 22.7 Å². The van der Waals surface area contributed by atoms with Crippen molar-refractivity contribution < 1.29 is 14.0 Å². The molecule has 0 radical (unpaired) electrons. The number of hydrogen-bond acceptors (Lipinski definition) is 4. The van der Waals surface area contributed by atoms with Crippen molar-refractivity contribution in [3.05, 3.63) is 36.1 Å². The van der Waals surface area contributed by atoms with Crippen molar-refractivity contribution in [2.24, 2.45) is 21.9 Å². The van der Waals surface area contributed by atoms with Crippen molar-refractivity contribution in [3.8, 4) is 0 Å². The van der Waals surface area contributed by atoms with E-state index < -0.39 is 5.97 Å². The quantitative estimate of drug-likeness (QED) is 0.592. The van der Waals surface area contributed by atoms with Gasteiger partial charge in [-0.05, 0) is 42.7 Å². The topological polar surface area (TPSA) is 51.8 Å². The van der Waals surface area contributed by atoms with Crippen LogP contribution < -0.4 is 0 Å². The highest BCUT2D eigenvalue weighted by Gasteiger charge is 2.60. The monoisotopic (exact) mass is 311 g/mol. The minimum Gasteiger partial charge on any atom is -0.449 e. The zero-order chi connectivity index (χ0) is 16.2. The number of fused-ring (bicyclic) bond motifs is 3. The number of para-hydroxylation sites is 1. The molecule has 1 heterocycles. The highest BCUT2D eigenvalue weighted by molar-refractivity contribution is 5.96. The summed E-state index contributed by atoms with van der Waals surface area (Å²) in [5.41, 5.74) is 1.95. The van der Waals surface area contributed by atoms with Gasteiger partial charge in [-0.2, -0.15) is 0 Å². The first-order chi connectivity index (χ1) is 10.9. The Hall–Kier alpha value is -2.10. The lowest BCUT2D eigenvalue weighted by Crippen LogP contribution is -2.32. The predicted octanol–water partition coefficient (Wildman–Crippen LogP) is 4.79. The fraction of sp³-hybridized carbons (Fsp3) is 0.474. The molecule has 0 aliphatic heterocycles. The second kappa shape index (κ2) is 4.70. The summed E-state index contributed by atoms with van der Waals surface area (Å²) >= 11 is 0. The third-order valence-electron chi connectivity index (χ3n) is 6.38. The molecule has 0 spiro atoms. The Morgan fingerprint density at radius 3 is 2.74 bits per heavy atom. The van der Waals surface area contributed by atoms with Crippen molar-refractivity contribution in [2.75, 3.05) is 0 Å². The molecule has 4 heteroatoms. The van der Waals surface area contributed by atoms with Crippen LogP contribution in [0.3, 0.4) is 0 Å². The molecule has 23 heavy (non-hydrogen) atoms. The summed E-state index contributed by atoms with van der Waals surface area (Å²) in [5.74, 6) is 0.303. The summed E-state index contributed by atoms with van der Waals surface area (Å²) in [6, 6.07) is 9.22. The molecule has 2 bridgehead atoms. The second-order valence-corrected chi connectivity index (χ2v) is 7.56. The molecule has 0 unspecified atom stereocenters. The third kappa shape index (κ3) is 1.97. The maximum absolute atomic E-state index is 12.2. The first-order valence-electron chi connectivity index (χ1n) is 8.19. The lowest BCUT2D eigenvalue weighted by molar-refractivity contribution is 0.0474. The van der Waals surface area contributed by atoms with Gasteiger partial charge in [0.1, 0.15) is 5.58 Å². The molecule has 0 amide bonds. The fourth-order valence-corrected chi connectivity index (χ4v) is 4.29. The number of benzene rings is 1. The zero-order valence-corrected chi connectivity index (χ0v) is 13.8. The Bertz CT molecular complexity index is 784. The van der Waals surface area contributed by atoms with Crippen LogP contribution in [-0.4, -0.2) is 11.7 Å². The van der Waals surface area contributed by atoms with Crippen LogP contribution in [0.1, 0.15) is 50.6 Å². The van der Waals surface area contributed by atoms with E-state index in [2.05, 4.69) is 25.9 Å². The molecular weight excluding hydrogens is 290 g/mol. The van der Waals surface area contributed by atoms with E-state index in [1.54, 1.807) is 6.07 Å². The Labute approximate surface area is 135 Å². The van der Waals surface area contributed by atoms with Crippen LogP contribution in [0.5, 0.6) is 0 Å². The Morgan fingerprint density at radius 1 is 1.30 bits per heavy atom. The fourth-order valence-electron chi connectivity index (χ4n) is 4.29. The van der Waals surface area contributed by atoms with E-state index in [4.69, 9.17) is 9.25 Å². The molecule has 2 fully saturated rings. The molecular formula is C19H21NO3. The van der Waals surface area contributed by atoms with Crippen LogP contribution in [-0.2, 0) is 4.84 Å². The largest absolute Gasteiger partial charge is 0.449 e. The first kappa shape index (κ1) is 14.5. The number of carbonyl (C=O) groups excluding carboxylic acids is 1. The van der Waals surface area contributed by atoms with Crippen LogP contribution in [0.4, 0.5) is 0 Å². The van der Waals surface area contributed by atoms with E-state index in [1.165, 1.54) is 6.42 Å². The number of furan rings is 1. The van der Waals surface area contributed by atoms with E-state index in [0.717, 1.165) is 23.9 Å². The minimum absolute atomic E-state index is 0.0336. The normalized spacial score (nSPS) is 30.2. The summed E-state index contributed by atoms with van der Waals surface area (Å²) in [6.07, 6.45) is 3.28. The number of nitrogens with zero attached hydrogens (tertiary/aromatic N) is 1. The molecule has 2 aromatic rings. The summed E-state index contributed by atoms with van der Waals surface area (Å²) in [6.45, 7) is 6.84. The molecule has 4 nitrogen and oxygen atoms in total. The van der Waals surface area contributed by atoms with Gasteiger partial charge in [0.25, 0.3) is 0 Å². The standard InChI is InChI=1S/C19H21NO3/c1-18(2)13-8-9-19(18,3)16(11-13)20-23-17(21)15-10-12-6-4-5-7-14(12)22-15/h4-7,10,13H,8-9,11H2,1-3H3/b20-16-/t13-,19+/m1/s1. The number of carbonyl (C=O) groups is 1. The molecule has 2 atom stereocenters. The Balaban J connectivity index is 1.56. The predicted molar refractivity (Wildman–Crippen MR) is 88.3 cm³/mol. The highest BCUT2D eigenvalue weighted by Crippen LogP contribution is 2.64. The summed E-state index contributed by atoms with van der Waals surface area (Å²) in [7, 11) is 0. The molecule has 1 aromatic carbocycles. The molecule has 4 rings (SSSR count). The lowest BCUT2D eigenvalue weighted by Gasteiger charge is -2.34. The average Bonchev–Trinajstić information content (AvgIpc) is 3.11. The van der Waals surface area contributed by atoms with Gasteiger partial charge in [0.15, 0.2) is 0 Å². The third-order valence-corrected chi connectivity index (χ3v) is 6.38. The molecule has 2 aliphatic carbocycles. The van der Waals surface area contributed by atoms with E-state index in [1.807, 2.05) is 24.3 Å². The number of hydrogen-bond donors (Lipinski definition) is 0. The molecule has 0 saturated heterocycles. The van der Waals surface area contributed by atoms with Gasteiger partial charge in [0, 0.05) is 10.8 Å². The van der Waals surface area contributed by atoms with Gasteiger partial charge in [-0.15, -0.1) is 0 Å². The SMILES string of the molecule is CC1(C)[C@@H]2CC[C@@]1(C)/C(=N\OC(=O)c1cc3ccccc3o1)C2. The van der Waals surface area contributed by atoms with Crippen molar-refractivity contribution in [2.45, 2.75) is 40.0 Å². The van der Waals surface area contributed by atoms with Crippen LogP contribution >= 0.6 is 0 Å². The van der Waals surface area contributed by atoms with Gasteiger partial charge in [-0.3, -0.25) is 0 Å². The summed E-state index contributed by atoms with van der Waals surface area (Å²) in [4.78, 5) is 17.4. The van der Waals surface area contributed by atoms with Crippen molar-refractivity contribution in [3.63, 3.8) is 0 Å². The number of oxime groups is 1. The molecule has 2 saturated carbocycles.